The van der Waals surface area contributed by atoms with Crippen LogP contribution in [0.15, 0.2) is 18.2 Å². The number of rotatable bonds is 8. The number of hydrogen-bond acceptors (Lipinski definition) is 5. The van der Waals surface area contributed by atoms with E-state index in [2.05, 4.69) is 0 Å². The lowest BCUT2D eigenvalue weighted by atomic mass is 10.1. The van der Waals surface area contributed by atoms with Gasteiger partial charge in [0.05, 0.1) is 0 Å². The quantitative estimate of drug-likeness (QED) is 0.723. The second-order valence-electron chi connectivity index (χ2n) is 6.61. The number of carboxylic acids is 1. The monoisotopic (exact) mass is 353 g/mol. The number of hydrogen-bond donors (Lipinski definition) is 1. The van der Waals surface area contributed by atoms with Crippen molar-refractivity contribution in [2.75, 3.05) is 32.3 Å². The minimum Gasteiger partial charge on any atom is -0.482 e. The third kappa shape index (κ3) is 7.43. The molecule has 1 amide bonds. The lowest BCUT2D eigenvalue weighted by Crippen LogP contribution is -2.34. The first-order valence-corrected chi connectivity index (χ1v) is 8.07. The standard InChI is InChI=1S/C18H27NO6/c1-18(2,3)25-17(22)19(4)14-8-9-15(24-12-16(20)21)13(11-14)7-6-10-23-5/h8-9,11H,6-7,10,12H2,1-5H3,(H,20,21). The van der Waals surface area contributed by atoms with Gasteiger partial charge in [0, 0.05) is 26.5 Å². The van der Waals surface area contributed by atoms with E-state index in [0.717, 1.165) is 12.0 Å². The Morgan fingerprint density at radius 1 is 1.24 bits per heavy atom. The summed E-state index contributed by atoms with van der Waals surface area (Å²) in [6.45, 7) is 5.57. The second-order valence-corrected chi connectivity index (χ2v) is 6.61. The highest BCUT2D eigenvalue weighted by atomic mass is 16.6. The molecule has 7 nitrogen and oxygen atoms in total. The van der Waals surface area contributed by atoms with Gasteiger partial charge in [0.25, 0.3) is 0 Å². The highest BCUT2D eigenvalue weighted by Crippen LogP contribution is 2.27. The van der Waals surface area contributed by atoms with Crippen molar-refractivity contribution in [1.29, 1.82) is 0 Å². The SMILES string of the molecule is COCCCc1cc(N(C)C(=O)OC(C)(C)C)ccc1OCC(=O)O. The number of amides is 1. The van der Waals surface area contributed by atoms with Crippen LogP contribution in [0.2, 0.25) is 0 Å². The Morgan fingerprint density at radius 3 is 2.48 bits per heavy atom. The van der Waals surface area contributed by atoms with Gasteiger partial charge in [-0.3, -0.25) is 4.90 Å². The van der Waals surface area contributed by atoms with Gasteiger partial charge >= 0.3 is 12.1 Å². The average Bonchev–Trinajstić information content (AvgIpc) is 2.51. The molecule has 0 fully saturated rings. The fourth-order valence-corrected chi connectivity index (χ4v) is 2.09. The van der Waals surface area contributed by atoms with Crippen LogP contribution in [0, 0.1) is 0 Å². The molecule has 1 aromatic rings. The Labute approximate surface area is 148 Å². The summed E-state index contributed by atoms with van der Waals surface area (Å²) in [4.78, 5) is 24.3. The maximum Gasteiger partial charge on any atom is 0.414 e. The first-order chi connectivity index (χ1) is 11.6. The normalized spacial score (nSPS) is 11.1. The molecule has 1 aromatic carbocycles. The Bertz CT molecular complexity index is 594. The van der Waals surface area contributed by atoms with E-state index in [0.29, 0.717) is 24.5 Å². The molecule has 0 aliphatic carbocycles. The van der Waals surface area contributed by atoms with Gasteiger partial charge in [-0.1, -0.05) is 0 Å². The summed E-state index contributed by atoms with van der Waals surface area (Å²) in [7, 11) is 3.24. The zero-order valence-electron chi connectivity index (χ0n) is 15.5. The first kappa shape index (κ1) is 20.8. The van der Waals surface area contributed by atoms with Crippen molar-refractivity contribution < 1.29 is 28.9 Å². The summed E-state index contributed by atoms with van der Waals surface area (Å²) >= 11 is 0. The Hall–Kier alpha value is -2.28. The van der Waals surface area contributed by atoms with Crippen LogP contribution in [-0.4, -0.2) is 50.1 Å². The fourth-order valence-electron chi connectivity index (χ4n) is 2.09. The third-order valence-electron chi connectivity index (χ3n) is 3.24. The molecule has 25 heavy (non-hydrogen) atoms. The van der Waals surface area contributed by atoms with Crippen molar-refractivity contribution >= 4 is 17.7 Å². The minimum absolute atomic E-state index is 0.418. The van der Waals surface area contributed by atoms with E-state index in [-0.39, 0.29) is 0 Å². The van der Waals surface area contributed by atoms with Crippen LogP contribution in [0.4, 0.5) is 10.5 Å². The van der Waals surface area contributed by atoms with E-state index >= 15 is 0 Å². The highest BCUT2D eigenvalue weighted by molar-refractivity contribution is 5.87. The number of methoxy groups -OCH3 is 1. The van der Waals surface area contributed by atoms with E-state index in [1.54, 1.807) is 53.1 Å². The first-order valence-electron chi connectivity index (χ1n) is 8.07. The fraction of sp³-hybridized carbons (Fsp3) is 0.556. The van der Waals surface area contributed by atoms with Crippen LogP contribution in [0.1, 0.15) is 32.8 Å². The Balaban J connectivity index is 2.98. The van der Waals surface area contributed by atoms with Gasteiger partial charge in [-0.15, -0.1) is 0 Å². The van der Waals surface area contributed by atoms with Crippen molar-refractivity contribution in [3.8, 4) is 5.75 Å². The molecule has 0 saturated carbocycles. The van der Waals surface area contributed by atoms with Crippen molar-refractivity contribution in [1.82, 2.24) is 0 Å². The summed E-state index contributed by atoms with van der Waals surface area (Å²) in [5.41, 5.74) is 0.868. The topological polar surface area (TPSA) is 85.3 Å². The molecular weight excluding hydrogens is 326 g/mol. The van der Waals surface area contributed by atoms with Gasteiger partial charge in [0.2, 0.25) is 0 Å². The number of carbonyl (C=O) groups is 2. The number of anilines is 1. The molecule has 140 valence electrons. The lowest BCUT2D eigenvalue weighted by molar-refractivity contribution is -0.139. The molecule has 0 aliphatic heterocycles. The van der Waals surface area contributed by atoms with Crippen LogP contribution in [0.5, 0.6) is 5.75 Å². The number of aliphatic carboxylic acids is 1. The van der Waals surface area contributed by atoms with Gasteiger partial charge in [-0.25, -0.2) is 9.59 Å². The molecule has 0 unspecified atom stereocenters. The predicted molar refractivity (Wildman–Crippen MR) is 94.4 cm³/mol. The molecule has 0 aliphatic rings. The predicted octanol–water partition coefficient (Wildman–Crippen LogP) is 3.10. The molecule has 0 saturated heterocycles. The zero-order valence-corrected chi connectivity index (χ0v) is 15.5. The smallest absolute Gasteiger partial charge is 0.414 e. The lowest BCUT2D eigenvalue weighted by Gasteiger charge is -2.25. The Kier molecular flexibility index (Phi) is 7.70. The minimum atomic E-state index is -1.04. The summed E-state index contributed by atoms with van der Waals surface area (Å²) in [5, 5.41) is 8.79. The maximum absolute atomic E-state index is 12.2. The van der Waals surface area contributed by atoms with E-state index in [1.165, 1.54) is 4.90 Å². The molecule has 0 radical (unpaired) electrons. The van der Waals surface area contributed by atoms with Gasteiger partial charge in [0.1, 0.15) is 11.4 Å². The summed E-state index contributed by atoms with van der Waals surface area (Å²) in [6, 6.07) is 5.17. The molecular formula is C18H27NO6. The van der Waals surface area contributed by atoms with Gasteiger partial charge in [-0.2, -0.15) is 0 Å². The second kappa shape index (κ2) is 9.27. The summed E-state index contributed by atoms with van der Waals surface area (Å²) in [6.07, 6.45) is 0.924. The number of nitrogens with zero attached hydrogens (tertiary/aromatic N) is 1. The van der Waals surface area contributed by atoms with E-state index in [9.17, 15) is 9.59 Å². The van der Waals surface area contributed by atoms with Gasteiger partial charge in [0.15, 0.2) is 6.61 Å². The van der Waals surface area contributed by atoms with Crippen LogP contribution >= 0.6 is 0 Å². The number of carbonyl (C=O) groups excluding carboxylic acids is 1. The van der Waals surface area contributed by atoms with Crippen LogP contribution in [-0.2, 0) is 20.7 Å². The van der Waals surface area contributed by atoms with Crippen molar-refractivity contribution in [3.63, 3.8) is 0 Å². The number of carboxylic acid groups (broad SMARTS) is 1. The van der Waals surface area contributed by atoms with Gasteiger partial charge in [-0.05, 0) is 57.4 Å². The molecule has 0 spiro atoms. The zero-order chi connectivity index (χ0) is 19.0. The number of benzene rings is 1. The summed E-state index contributed by atoms with van der Waals surface area (Å²) in [5.74, 6) is -0.558. The van der Waals surface area contributed by atoms with E-state index in [1.807, 2.05) is 0 Å². The third-order valence-corrected chi connectivity index (χ3v) is 3.24. The van der Waals surface area contributed by atoms with Crippen molar-refractivity contribution in [2.24, 2.45) is 0 Å². The van der Waals surface area contributed by atoms with Crippen LogP contribution in [0.25, 0.3) is 0 Å². The average molecular weight is 353 g/mol. The molecule has 1 N–H and O–H groups in total. The molecule has 0 aromatic heterocycles. The van der Waals surface area contributed by atoms with Gasteiger partial charge < -0.3 is 19.3 Å². The largest absolute Gasteiger partial charge is 0.482 e. The van der Waals surface area contributed by atoms with Crippen LogP contribution < -0.4 is 9.64 Å². The number of ether oxygens (including phenoxy) is 3. The highest BCUT2D eigenvalue weighted by Gasteiger charge is 2.21. The Morgan fingerprint density at radius 2 is 1.92 bits per heavy atom. The van der Waals surface area contributed by atoms with Crippen molar-refractivity contribution in [3.05, 3.63) is 23.8 Å². The summed E-state index contributed by atoms with van der Waals surface area (Å²) < 4.78 is 15.7. The molecule has 0 atom stereocenters. The number of aryl methyl sites for hydroxylation is 1. The molecule has 7 heteroatoms. The molecule has 0 heterocycles. The van der Waals surface area contributed by atoms with E-state index in [4.69, 9.17) is 19.3 Å². The molecule has 0 bridgehead atoms. The van der Waals surface area contributed by atoms with Crippen LogP contribution in [0.3, 0.4) is 0 Å². The maximum atomic E-state index is 12.2. The molecule has 1 rings (SSSR count). The van der Waals surface area contributed by atoms with Crippen molar-refractivity contribution in [2.45, 2.75) is 39.2 Å². The van der Waals surface area contributed by atoms with E-state index < -0.39 is 24.3 Å².